The van der Waals surface area contributed by atoms with Crippen molar-refractivity contribution < 1.29 is 4.74 Å². The van der Waals surface area contributed by atoms with Gasteiger partial charge in [-0.3, -0.25) is 4.90 Å². The molecule has 6 fully saturated rings. The van der Waals surface area contributed by atoms with Crippen molar-refractivity contribution in [1.82, 2.24) is 20.2 Å². The van der Waals surface area contributed by atoms with Crippen molar-refractivity contribution in [2.24, 2.45) is 0 Å². The molecule has 0 aromatic heterocycles. The Labute approximate surface area is 107 Å². The van der Waals surface area contributed by atoms with Gasteiger partial charge in [-0.15, -0.1) is 0 Å². The lowest BCUT2D eigenvalue weighted by molar-refractivity contribution is 0.0120. The third kappa shape index (κ3) is 1.11. The van der Waals surface area contributed by atoms with E-state index in [2.05, 4.69) is 20.2 Å². The SMILES string of the molecule is C1C2NC2CC1N1C2CN(N3C4COCC43)CC21. The lowest BCUT2D eigenvalue weighted by atomic mass is 10.2. The monoisotopic (exact) mass is 248 g/mol. The smallest absolute Gasteiger partial charge is 0.0676 e. The molecule has 6 unspecified atom stereocenters. The van der Waals surface area contributed by atoms with Crippen LogP contribution in [0.15, 0.2) is 0 Å². The van der Waals surface area contributed by atoms with E-state index >= 15 is 0 Å². The average Bonchev–Trinajstić information content (AvgIpc) is 3.27. The van der Waals surface area contributed by atoms with E-state index in [9.17, 15) is 0 Å². The highest BCUT2D eigenvalue weighted by Gasteiger charge is 2.64. The summed E-state index contributed by atoms with van der Waals surface area (Å²) in [7, 11) is 0. The van der Waals surface area contributed by atoms with Gasteiger partial charge in [0.05, 0.1) is 25.3 Å². The molecule has 6 aliphatic rings. The maximum Gasteiger partial charge on any atom is 0.0676 e. The van der Waals surface area contributed by atoms with E-state index in [1.807, 2.05) is 0 Å². The van der Waals surface area contributed by atoms with Gasteiger partial charge >= 0.3 is 0 Å². The zero-order valence-electron chi connectivity index (χ0n) is 10.5. The molecule has 0 spiro atoms. The molecule has 0 radical (unpaired) electrons. The van der Waals surface area contributed by atoms with Crippen LogP contribution in [0.4, 0.5) is 0 Å². The highest BCUT2D eigenvalue weighted by atomic mass is 16.5. The first-order valence-electron chi connectivity index (χ1n) is 7.54. The molecule has 5 heteroatoms. The van der Waals surface area contributed by atoms with Crippen LogP contribution in [0.2, 0.25) is 0 Å². The minimum absolute atomic E-state index is 0.735. The molecule has 0 aromatic rings. The summed E-state index contributed by atoms with van der Waals surface area (Å²) in [5.41, 5.74) is 0. The molecule has 0 bridgehead atoms. The molecule has 5 heterocycles. The third-order valence-electron chi connectivity index (χ3n) is 6.13. The van der Waals surface area contributed by atoms with Crippen molar-refractivity contribution in [3.05, 3.63) is 0 Å². The molecule has 5 nitrogen and oxygen atoms in total. The largest absolute Gasteiger partial charge is 0.378 e. The molecular weight excluding hydrogens is 228 g/mol. The van der Waals surface area contributed by atoms with Gasteiger partial charge in [0.1, 0.15) is 0 Å². The molecule has 1 aliphatic carbocycles. The van der Waals surface area contributed by atoms with Crippen molar-refractivity contribution in [1.29, 1.82) is 0 Å². The summed E-state index contributed by atoms with van der Waals surface area (Å²) >= 11 is 0. The molecule has 6 atom stereocenters. The summed E-state index contributed by atoms with van der Waals surface area (Å²) in [6.45, 7) is 4.52. The van der Waals surface area contributed by atoms with E-state index in [0.29, 0.717) is 0 Å². The topological polar surface area (TPSA) is 40.4 Å². The van der Waals surface area contributed by atoms with Crippen molar-refractivity contribution >= 4 is 0 Å². The molecule has 0 amide bonds. The summed E-state index contributed by atoms with van der Waals surface area (Å²) in [5.74, 6) is 0. The van der Waals surface area contributed by atoms with Gasteiger partial charge in [-0.25, -0.2) is 10.0 Å². The molecule has 5 aliphatic heterocycles. The van der Waals surface area contributed by atoms with Crippen LogP contribution in [0.25, 0.3) is 0 Å². The van der Waals surface area contributed by atoms with Crippen LogP contribution in [0, 0.1) is 0 Å². The van der Waals surface area contributed by atoms with E-state index in [1.54, 1.807) is 0 Å². The standard InChI is InChI=1S/C13H20N4O/c1-7(2-9-8(1)14-9)16-10-3-15(4-11(10)16)17-12-5-18-6-13(12)17/h7-14H,1-6H2. The van der Waals surface area contributed by atoms with Gasteiger partial charge in [0.25, 0.3) is 0 Å². The van der Waals surface area contributed by atoms with Gasteiger partial charge in [-0.1, -0.05) is 0 Å². The Kier molecular flexibility index (Phi) is 1.58. The number of nitrogens with one attached hydrogen (secondary N) is 1. The van der Waals surface area contributed by atoms with E-state index in [0.717, 1.165) is 55.5 Å². The van der Waals surface area contributed by atoms with Crippen molar-refractivity contribution in [2.75, 3.05) is 26.3 Å². The Morgan fingerprint density at radius 3 is 2.22 bits per heavy atom. The number of hydrogen-bond donors (Lipinski definition) is 1. The summed E-state index contributed by atoms with van der Waals surface area (Å²) in [6.07, 6.45) is 2.83. The minimum atomic E-state index is 0.735. The zero-order valence-corrected chi connectivity index (χ0v) is 10.5. The van der Waals surface area contributed by atoms with Crippen LogP contribution in [0.5, 0.6) is 0 Å². The number of piperidine rings is 1. The van der Waals surface area contributed by atoms with Crippen LogP contribution in [-0.2, 0) is 4.74 Å². The second-order valence-corrected chi connectivity index (χ2v) is 7.01. The van der Waals surface area contributed by atoms with Gasteiger partial charge in [-0.05, 0) is 12.8 Å². The van der Waals surface area contributed by atoms with Crippen molar-refractivity contribution in [3.63, 3.8) is 0 Å². The molecule has 0 aromatic carbocycles. The van der Waals surface area contributed by atoms with E-state index < -0.39 is 0 Å². The minimum Gasteiger partial charge on any atom is -0.378 e. The highest BCUT2D eigenvalue weighted by molar-refractivity contribution is 5.19. The van der Waals surface area contributed by atoms with Crippen LogP contribution in [0.1, 0.15) is 12.8 Å². The number of hydrazine groups is 1. The van der Waals surface area contributed by atoms with Crippen LogP contribution in [0.3, 0.4) is 0 Å². The lowest BCUT2D eigenvalue weighted by Gasteiger charge is -2.26. The molecule has 5 saturated heterocycles. The average molecular weight is 248 g/mol. The van der Waals surface area contributed by atoms with E-state index in [-0.39, 0.29) is 0 Å². The maximum absolute atomic E-state index is 5.47. The number of ether oxygens (including phenoxy) is 1. The Hall–Kier alpha value is -0.200. The van der Waals surface area contributed by atoms with Gasteiger partial charge in [0.2, 0.25) is 0 Å². The first kappa shape index (κ1) is 9.66. The Morgan fingerprint density at radius 1 is 0.889 bits per heavy atom. The molecule has 1 saturated carbocycles. The Bertz CT molecular complexity index is 386. The number of morpholine rings is 1. The normalized spacial score (nSPS) is 67.7. The fraction of sp³-hybridized carbons (Fsp3) is 1.00. The number of fused-ring (bicyclic) bond motifs is 3. The van der Waals surface area contributed by atoms with Crippen LogP contribution < -0.4 is 5.32 Å². The first-order chi connectivity index (χ1) is 8.90. The molecular formula is C13H20N4O. The number of nitrogens with zero attached hydrogens (tertiary/aromatic N) is 3. The van der Waals surface area contributed by atoms with Crippen molar-refractivity contribution in [3.8, 4) is 0 Å². The first-order valence-corrected chi connectivity index (χ1v) is 7.54. The van der Waals surface area contributed by atoms with Crippen LogP contribution in [-0.4, -0.2) is 83.5 Å². The molecule has 1 N–H and O–H groups in total. The van der Waals surface area contributed by atoms with Crippen molar-refractivity contribution in [2.45, 2.75) is 55.1 Å². The Balaban J connectivity index is 1.11. The van der Waals surface area contributed by atoms with E-state index in [1.165, 1.54) is 25.9 Å². The Morgan fingerprint density at radius 2 is 1.56 bits per heavy atom. The molecule has 18 heavy (non-hydrogen) atoms. The van der Waals surface area contributed by atoms with Gasteiger partial charge in [0.15, 0.2) is 0 Å². The summed E-state index contributed by atoms with van der Waals surface area (Å²) in [5, 5.41) is 8.77. The molecule has 98 valence electrons. The lowest BCUT2D eigenvalue weighted by Crippen LogP contribution is -2.39. The predicted octanol–water partition coefficient (Wildman–Crippen LogP) is -1.14. The zero-order chi connectivity index (χ0) is 11.4. The number of hydrogen-bond acceptors (Lipinski definition) is 5. The highest BCUT2D eigenvalue weighted by Crippen LogP contribution is 2.48. The summed E-state index contributed by atoms with van der Waals surface area (Å²) < 4.78 is 5.47. The fourth-order valence-corrected chi connectivity index (χ4v) is 5.06. The number of rotatable bonds is 2. The van der Waals surface area contributed by atoms with Gasteiger partial charge < -0.3 is 10.1 Å². The van der Waals surface area contributed by atoms with Gasteiger partial charge in [-0.2, -0.15) is 0 Å². The second kappa shape index (κ2) is 2.94. The summed E-state index contributed by atoms with van der Waals surface area (Å²) in [4.78, 5) is 2.82. The second-order valence-electron chi connectivity index (χ2n) is 7.01. The van der Waals surface area contributed by atoms with Crippen LogP contribution >= 0.6 is 0 Å². The predicted molar refractivity (Wildman–Crippen MR) is 65.0 cm³/mol. The van der Waals surface area contributed by atoms with Gasteiger partial charge in [0, 0.05) is 43.3 Å². The molecule has 6 rings (SSSR count). The maximum atomic E-state index is 5.47. The quantitative estimate of drug-likeness (QED) is 0.625. The number of piperazine rings is 1. The summed E-state index contributed by atoms with van der Waals surface area (Å²) in [6, 6.07) is 5.92. The third-order valence-corrected chi connectivity index (χ3v) is 6.13. The van der Waals surface area contributed by atoms with E-state index in [4.69, 9.17) is 4.74 Å². The fourth-order valence-electron chi connectivity index (χ4n) is 5.06.